The molecule has 0 atom stereocenters. The standard InChI is InChI=1S/C22H26N2O5/c1-4-5-6-17-7-9-19(10-8-17)28-15-22(26)24-23-14-18-13-20(27-3)11-12-21(18)29-16(2)25/h7-14H,4-6,15H2,1-3H3,(H,24,26)/b23-14-. The van der Waals surface area contributed by atoms with E-state index < -0.39 is 11.9 Å². The van der Waals surface area contributed by atoms with Gasteiger partial charge in [-0.1, -0.05) is 25.5 Å². The van der Waals surface area contributed by atoms with Crippen LogP contribution < -0.4 is 19.6 Å². The number of nitrogens with one attached hydrogen (secondary N) is 1. The Morgan fingerprint density at radius 3 is 2.48 bits per heavy atom. The number of carbonyl (C=O) groups excluding carboxylic acids is 2. The first-order valence-corrected chi connectivity index (χ1v) is 9.42. The molecule has 0 saturated carbocycles. The third kappa shape index (κ3) is 7.65. The molecule has 2 aromatic rings. The molecule has 7 heteroatoms. The minimum Gasteiger partial charge on any atom is -0.497 e. The summed E-state index contributed by atoms with van der Waals surface area (Å²) < 4.78 is 15.7. The number of methoxy groups -OCH3 is 1. The van der Waals surface area contributed by atoms with Crippen molar-refractivity contribution in [3.63, 3.8) is 0 Å². The fourth-order valence-corrected chi connectivity index (χ4v) is 2.49. The highest BCUT2D eigenvalue weighted by molar-refractivity contribution is 5.87. The van der Waals surface area contributed by atoms with Crippen LogP contribution in [-0.4, -0.2) is 31.8 Å². The normalized spacial score (nSPS) is 10.6. The molecule has 0 unspecified atom stereocenters. The van der Waals surface area contributed by atoms with Crippen LogP contribution in [0.25, 0.3) is 0 Å². The zero-order valence-electron chi connectivity index (χ0n) is 16.9. The molecule has 0 spiro atoms. The van der Waals surface area contributed by atoms with Gasteiger partial charge in [-0.25, -0.2) is 5.43 Å². The van der Waals surface area contributed by atoms with Crippen molar-refractivity contribution in [1.29, 1.82) is 0 Å². The Kier molecular flexibility index (Phi) is 8.69. The molecule has 0 aliphatic carbocycles. The summed E-state index contributed by atoms with van der Waals surface area (Å²) in [6, 6.07) is 12.6. The number of nitrogens with zero attached hydrogens (tertiary/aromatic N) is 1. The first-order valence-electron chi connectivity index (χ1n) is 9.42. The van der Waals surface area contributed by atoms with Crippen molar-refractivity contribution in [2.75, 3.05) is 13.7 Å². The van der Waals surface area contributed by atoms with Crippen LogP contribution in [0.5, 0.6) is 17.2 Å². The minimum absolute atomic E-state index is 0.166. The second-order valence-corrected chi connectivity index (χ2v) is 6.33. The molecule has 0 aliphatic heterocycles. The van der Waals surface area contributed by atoms with Gasteiger partial charge in [0.1, 0.15) is 17.2 Å². The lowest BCUT2D eigenvalue weighted by atomic mass is 10.1. The van der Waals surface area contributed by atoms with Crippen LogP contribution in [0.3, 0.4) is 0 Å². The molecule has 1 N–H and O–H groups in total. The van der Waals surface area contributed by atoms with Gasteiger partial charge < -0.3 is 14.2 Å². The fraction of sp³-hybridized carbons (Fsp3) is 0.318. The summed E-state index contributed by atoms with van der Waals surface area (Å²) in [4.78, 5) is 23.2. The van der Waals surface area contributed by atoms with E-state index in [9.17, 15) is 9.59 Å². The van der Waals surface area contributed by atoms with E-state index in [1.54, 1.807) is 18.2 Å². The fourth-order valence-electron chi connectivity index (χ4n) is 2.49. The van der Waals surface area contributed by atoms with Crippen LogP contribution in [0.4, 0.5) is 0 Å². The number of hydrogen-bond acceptors (Lipinski definition) is 6. The summed E-state index contributed by atoms with van der Waals surface area (Å²) in [5.74, 6) is 0.639. The van der Waals surface area contributed by atoms with Gasteiger partial charge in [0.2, 0.25) is 0 Å². The second kappa shape index (κ2) is 11.5. The number of carbonyl (C=O) groups is 2. The maximum absolute atomic E-state index is 11.9. The average Bonchev–Trinajstić information content (AvgIpc) is 2.72. The SMILES string of the molecule is CCCCc1ccc(OCC(=O)N/N=C\c2cc(OC)ccc2OC(C)=O)cc1. The highest BCUT2D eigenvalue weighted by Crippen LogP contribution is 2.23. The van der Waals surface area contributed by atoms with E-state index in [1.807, 2.05) is 24.3 Å². The maximum atomic E-state index is 11.9. The number of rotatable bonds is 10. The van der Waals surface area contributed by atoms with Crippen molar-refractivity contribution in [1.82, 2.24) is 5.43 Å². The minimum atomic E-state index is -0.456. The molecule has 0 heterocycles. The maximum Gasteiger partial charge on any atom is 0.308 e. The molecule has 0 fully saturated rings. The molecule has 0 bridgehead atoms. The molecule has 0 aliphatic rings. The predicted molar refractivity (Wildman–Crippen MR) is 111 cm³/mol. The molecule has 2 rings (SSSR count). The molecule has 0 aromatic heterocycles. The van der Waals surface area contributed by atoms with Crippen molar-refractivity contribution >= 4 is 18.1 Å². The highest BCUT2D eigenvalue weighted by Gasteiger charge is 2.07. The Hall–Kier alpha value is -3.35. The van der Waals surface area contributed by atoms with Gasteiger partial charge in [-0.05, 0) is 48.7 Å². The molecule has 7 nitrogen and oxygen atoms in total. The molecule has 0 saturated heterocycles. The molecule has 29 heavy (non-hydrogen) atoms. The van der Waals surface area contributed by atoms with Gasteiger partial charge in [0.25, 0.3) is 5.91 Å². The smallest absolute Gasteiger partial charge is 0.308 e. The van der Waals surface area contributed by atoms with Gasteiger partial charge in [-0.15, -0.1) is 0 Å². The Morgan fingerprint density at radius 2 is 1.83 bits per heavy atom. The van der Waals surface area contributed by atoms with Crippen molar-refractivity contribution in [2.45, 2.75) is 33.1 Å². The number of unbranched alkanes of at least 4 members (excludes halogenated alkanes) is 1. The number of aryl methyl sites for hydroxylation is 1. The van der Waals surface area contributed by atoms with Gasteiger partial charge in [-0.2, -0.15) is 5.10 Å². The van der Waals surface area contributed by atoms with E-state index in [2.05, 4.69) is 17.5 Å². The van der Waals surface area contributed by atoms with E-state index in [0.29, 0.717) is 22.8 Å². The third-order valence-electron chi connectivity index (χ3n) is 3.98. The summed E-state index contributed by atoms with van der Waals surface area (Å²) in [6.45, 7) is 3.30. The van der Waals surface area contributed by atoms with Crippen molar-refractivity contribution in [3.8, 4) is 17.2 Å². The summed E-state index contributed by atoms with van der Waals surface area (Å²) in [7, 11) is 1.53. The zero-order valence-corrected chi connectivity index (χ0v) is 16.9. The highest BCUT2D eigenvalue weighted by atomic mass is 16.5. The second-order valence-electron chi connectivity index (χ2n) is 6.33. The Labute approximate surface area is 170 Å². The Balaban J connectivity index is 1.88. The number of ether oxygens (including phenoxy) is 3. The number of benzene rings is 2. The summed E-state index contributed by atoms with van der Waals surface area (Å²) in [6.07, 6.45) is 4.71. The van der Waals surface area contributed by atoms with Gasteiger partial charge in [0.15, 0.2) is 6.61 Å². The number of esters is 1. The topological polar surface area (TPSA) is 86.2 Å². The van der Waals surface area contributed by atoms with Gasteiger partial charge in [-0.3, -0.25) is 9.59 Å². The molecule has 154 valence electrons. The van der Waals surface area contributed by atoms with Crippen LogP contribution in [0.2, 0.25) is 0 Å². The van der Waals surface area contributed by atoms with Crippen molar-refractivity contribution < 1.29 is 23.8 Å². The summed E-state index contributed by atoms with van der Waals surface area (Å²) in [5.41, 5.74) is 4.12. The van der Waals surface area contributed by atoms with E-state index in [0.717, 1.165) is 19.3 Å². The van der Waals surface area contributed by atoms with Gasteiger partial charge >= 0.3 is 5.97 Å². The zero-order chi connectivity index (χ0) is 21.1. The Bertz CT molecular complexity index is 847. The van der Waals surface area contributed by atoms with E-state index in [1.165, 1.54) is 25.8 Å². The average molecular weight is 398 g/mol. The van der Waals surface area contributed by atoms with Crippen molar-refractivity contribution in [3.05, 3.63) is 53.6 Å². The van der Waals surface area contributed by atoms with Crippen LogP contribution in [0.1, 0.15) is 37.8 Å². The van der Waals surface area contributed by atoms with E-state index in [-0.39, 0.29) is 6.61 Å². The van der Waals surface area contributed by atoms with Gasteiger partial charge in [0, 0.05) is 12.5 Å². The first-order chi connectivity index (χ1) is 14.0. The quantitative estimate of drug-likeness (QED) is 0.287. The predicted octanol–water partition coefficient (Wildman–Crippen LogP) is 3.49. The number of hydrazone groups is 1. The third-order valence-corrected chi connectivity index (χ3v) is 3.98. The van der Waals surface area contributed by atoms with E-state index in [4.69, 9.17) is 14.2 Å². The number of hydrogen-bond donors (Lipinski definition) is 1. The molecule has 2 aromatic carbocycles. The monoisotopic (exact) mass is 398 g/mol. The van der Waals surface area contributed by atoms with Gasteiger partial charge in [0.05, 0.1) is 13.3 Å². The lowest BCUT2D eigenvalue weighted by molar-refractivity contribution is -0.132. The lowest BCUT2D eigenvalue weighted by Gasteiger charge is -2.08. The first kappa shape index (κ1) is 21.9. The lowest BCUT2D eigenvalue weighted by Crippen LogP contribution is -2.24. The van der Waals surface area contributed by atoms with Crippen LogP contribution in [-0.2, 0) is 16.0 Å². The van der Waals surface area contributed by atoms with Crippen molar-refractivity contribution in [2.24, 2.45) is 5.10 Å². The molecule has 0 radical (unpaired) electrons. The molecular formula is C22H26N2O5. The summed E-state index contributed by atoms with van der Waals surface area (Å²) >= 11 is 0. The largest absolute Gasteiger partial charge is 0.497 e. The van der Waals surface area contributed by atoms with Crippen LogP contribution in [0.15, 0.2) is 47.6 Å². The van der Waals surface area contributed by atoms with Crippen LogP contribution >= 0.6 is 0 Å². The number of amides is 1. The van der Waals surface area contributed by atoms with Crippen LogP contribution in [0, 0.1) is 0 Å². The van der Waals surface area contributed by atoms with E-state index >= 15 is 0 Å². The molecule has 1 amide bonds. The Morgan fingerprint density at radius 1 is 1.10 bits per heavy atom. The molecular weight excluding hydrogens is 372 g/mol. The summed E-state index contributed by atoms with van der Waals surface area (Å²) in [5, 5.41) is 3.89.